The minimum atomic E-state index is -0.715. The van der Waals surface area contributed by atoms with E-state index in [-0.39, 0.29) is 0 Å². The van der Waals surface area contributed by atoms with Crippen molar-refractivity contribution in [2.45, 2.75) is 24.7 Å². The summed E-state index contributed by atoms with van der Waals surface area (Å²) < 4.78 is 0. The van der Waals surface area contributed by atoms with E-state index in [1.54, 1.807) is 6.20 Å². The maximum absolute atomic E-state index is 11.6. The van der Waals surface area contributed by atoms with Gasteiger partial charge in [0.2, 0.25) is 0 Å². The molecule has 0 saturated heterocycles. The van der Waals surface area contributed by atoms with Crippen LogP contribution in [-0.4, -0.2) is 16.1 Å². The molecule has 1 fully saturated rings. The van der Waals surface area contributed by atoms with Gasteiger partial charge in [0.15, 0.2) is 0 Å². The number of para-hydroxylation sites is 1. The van der Waals surface area contributed by atoms with Crippen molar-refractivity contribution in [3.63, 3.8) is 0 Å². The van der Waals surface area contributed by atoms with E-state index in [4.69, 9.17) is 0 Å². The first-order valence-electron chi connectivity index (χ1n) is 8.14. The molecule has 0 amide bonds. The Kier molecular flexibility index (Phi) is 3.45. The molecule has 1 aromatic heterocycles. The summed E-state index contributed by atoms with van der Waals surface area (Å²) in [6, 6.07) is 17.7. The molecule has 0 aliphatic heterocycles. The average molecular weight is 318 g/mol. The Hall–Kier alpha value is -2.88. The van der Waals surface area contributed by atoms with Crippen LogP contribution < -0.4 is 5.32 Å². The number of anilines is 2. The molecule has 0 unspecified atom stereocenters. The second-order valence-corrected chi connectivity index (χ2v) is 6.32. The van der Waals surface area contributed by atoms with Gasteiger partial charge in [-0.25, -0.2) is 0 Å². The van der Waals surface area contributed by atoms with E-state index < -0.39 is 11.4 Å². The maximum atomic E-state index is 11.6. The molecule has 2 aromatic carbocycles. The number of benzene rings is 2. The summed E-state index contributed by atoms with van der Waals surface area (Å²) in [5.74, 6) is -0.715. The SMILES string of the molecule is O=C(O)C1(c2ccc(Nc3cccc4cccnc34)cc2)CCC1. The van der Waals surface area contributed by atoms with Crippen molar-refractivity contribution in [2.24, 2.45) is 0 Å². The van der Waals surface area contributed by atoms with Crippen molar-refractivity contribution in [2.75, 3.05) is 5.32 Å². The number of rotatable bonds is 4. The Labute approximate surface area is 140 Å². The molecule has 24 heavy (non-hydrogen) atoms. The van der Waals surface area contributed by atoms with Crippen molar-refractivity contribution >= 4 is 28.2 Å². The molecular weight excluding hydrogens is 300 g/mol. The molecule has 1 heterocycles. The van der Waals surface area contributed by atoms with E-state index in [0.717, 1.165) is 47.1 Å². The highest BCUT2D eigenvalue weighted by atomic mass is 16.4. The molecule has 1 saturated carbocycles. The van der Waals surface area contributed by atoms with Crippen molar-refractivity contribution in [3.05, 3.63) is 66.4 Å². The van der Waals surface area contributed by atoms with Gasteiger partial charge < -0.3 is 10.4 Å². The lowest BCUT2D eigenvalue weighted by atomic mass is 9.64. The predicted molar refractivity (Wildman–Crippen MR) is 94.6 cm³/mol. The van der Waals surface area contributed by atoms with Gasteiger partial charge in [-0.15, -0.1) is 0 Å². The zero-order chi connectivity index (χ0) is 16.6. The highest BCUT2D eigenvalue weighted by Crippen LogP contribution is 2.44. The maximum Gasteiger partial charge on any atom is 0.314 e. The van der Waals surface area contributed by atoms with E-state index in [9.17, 15) is 9.90 Å². The topological polar surface area (TPSA) is 62.2 Å². The second kappa shape index (κ2) is 5.64. The fourth-order valence-corrected chi connectivity index (χ4v) is 3.39. The highest BCUT2D eigenvalue weighted by Gasteiger charge is 2.45. The quantitative estimate of drug-likeness (QED) is 0.744. The number of nitrogens with one attached hydrogen (secondary N) is 1. The first kappa shape index (κ1) is 14.7. The van der Waals surface area contributed by atoms with Gasteiger partial charge in [0.05, 0.1) is 16.6 Å². The Bertz CT molecular complexity index is 894. The predicted octanol–water partition coefficient (Wildman–Crippen LogP) is 4.48. The molecule has 4 nitrogen and oxygen atoms in total. The van der Waals surface area contributed by atoms with Crippen LogP contribution in [-0.2, 0) is 10.2 Å². The van der Waals surface area contributed by atoms with Crippen LogP contribution in [0.15, 0.2) is 60.8 Å². The third-order valence-corrected chi connectivity index (χ3v) is 4.97. The van der Waals surface area contributed by atoms with Crippen LogP contribution in [0.1, 0.15) is 24.8 Å². The Morgan fingerprint density at radius 1 is 1.04 bits per heavy atom. The van der Waals surface area contributed by atoms with Crippen molar-refractivity contribution in [1.82, 2.24) is 4.98 Å². The molecule has 0 spiro atoms. The van der Waals surface area contributed by atoms with E-state index in [1.165, 1.54) is 0 Å². The molecule has 0 atom stereocenters. The van der Waals surface area contributed by atoms with Crippen LogP contribution in [0.2, 0.25) is 0 Å². The molecule has 3 aromatic rings. The van der Waals surface area contributed by atoms with Gasteiger partial charge in [-0.2, -0.15) is 0 Å². The fourth-order valence-electron chi connectivity index (χ4n) is 3.39. The van der Waals surface area contributed by atoms with E-state index in [0.29, 0.717) is 0 Å². The van der Waals surface area contributed by atoms with Crippen molar-refractivity contribution < 1.29 is 9.90 Å². The third-order valence-electron chi connectivity index (χ3n) is 4.97. The van der Waals surface area contributed by atoms with Crippen molar-refractivity contribution in [3.8, 4) is 0 Å². The summed E-state index contributed by atoms with van der Waals surface area (Å²) in [7, 11) is 0. The number of aromatic nitrogens is 1. The molecule has 1 aliphatic rings. The molecule has 2 N–H and O–H groups in total. The number of nitrogens with zero attached hydrogens (tertiary/aromatic N) is 1. The minimum Gasteiger partial charge on any atom is -0.481 e. The number of carboxylic acid groups (broad SMARTS) is 1. The number of pyridine rings is 1. The monoisotopic (exact) mass is 318 g/mol. The standard InChI is InChI=1S/C20H18N2O2/c23-19(24)20(11-3-12-20)15-7-9-16(10-8-15)22-17-6-1-4-14-5-2-13-21-18(14)17/h1-2,4-10,13,22H,3,11-12H2,(H,23,24). The fraction of sp³-hybridized carbons (Fsp3) is 0.200. The summed E-state index contributed by atoms with van der Waals surface area (Å²) in [4.78, 5) is 16.0. The van der Waals surface area contributed by atoms with Gasteiger partial charge in [-0.1, -0.05) is 36.8 Å². The Balaban J connectivity index is 1.63. The molecular formula is C20H18N2O2. The minimum absolute atomic E-state index is 0.681. The normalized spacial score (nSPS) is 15.7. The van der Waals surface area contributed by atoms with E-state index >= 15 is 0 Å². The summed E-state index contributed by atoms with van der Waals surface area (Å²) in [6.45, 7) is 0. The van der Waals surface area contributed by atoms with Crippen LogP contribution in [0.5, 0.6) is 0 Å². The summed E-state index contributed by atoms with van der Waals surface area (Å²) in [5.41, 5.74) is 3.00. The zero-order valence-electron chi connectivity index (χ0n) is 13.2. The number of carbonyl (C=O) groups is 1. The molecule has 0 radical (unpaired) electrons. The number of hydrogen-bond acceptors (Lipinski definition) is 3. The van der Waals surface area contributed by atoms with E-state index in [2.05, 4.69) is 10.3 Å². The molecule has 4 heteroatoms. The van der Waals surface area contributed by atoms with Gasteiger partial charge in [-0.05, 0) is 42.7 Å². The van der Waals surface area contributed by atoms with Crippen molar-refractivity contribution in [1.29, 1.82) is 0 Å². The van der Waals surface area contributed by atoms with Gasteiger partial charge in [0.1, 0.15) is 0 Å². The first-order valence-corrected chi connectivity index (χ1v) is 8.14. The van der Waals surface area contributed by atoms with Crippen LogP contribution in [0, 0.1) is 0 Å². The smallest absolute Gasteiger partial charge is 0.314 e. The summed E-state index contributed by atoms with van der Waals surface area (Å²) >= 11 is 0. The molecule has 1 aliphatic carbocycles. The molecule has 4 rings (SSSR count). The number of carboxylic acids is 1. The third kappa shape index (κ3) is 2.31. The highest BCUT2D eigenvalue weighted by molar-refractivity contribution is 5.92. The number of aliphatic carboxylic acids is 1. The van der Waals surface area contributed by atoms with E-state index in [1.807, 2.05) is 54.6 Å². The van der Waals surface area contributed by atoms with Crippen LogP contribution >= 0.6 is 0 Å². The average Bonchev–Trinajstić information content (AvgIpc) is 2.55. The molecule has 120 valence electrons. The molecule has 0 bridgehead atoms. The lowest BCUT2D eigenvalue weighted by Crippen LogP contribution is -2.42. The lowest BCUT2D eigenvalue weighted by Gasteiger charge is -2.38. The second-order valence-electron chi connectivity index (χ2n) is 6.32. The zero-order valence-corrected chi connectivity index (χ0v) is 13.2. The first-order chi connectivity index (χ1) is 11.7. The lowest BCUT2D eigenvalue weighted by molar-refractivity contribution is -0.147. The van der Waals surface area contributed by atoms with Gasteiger partial charge in [0.25, 0.3) is 0 Å². The van der Waals surface area contributed by atoms with Crippen LogP contribution in [0.4, 0.5) is 11.4 Å². The Morgan fingerprint density at radius 2 is 1.79 bits per heavy atom. The summed E-state index contributed by atoms with van der Waals surface area (Å²) in [6.07, 6.45) is 4.21. The van der Waals surface area contributed by atoms with Gasteiger partial charge in [0, 0.05) is 17.3 Å². The largest absolute Gasteiger partial charge is 0.481 e. The van der Waals surface area contributed by atoms with Crippen LogP contribution in [0.25, 0.3) is 10.9 Å². The number of hydrogen-bond donors (Lipinski definition) is 2. The number of fused-ring (bicyclic) bond motifs is 1. The van der Waals surface area contributed by atoms with Crippen LogP contribution in [0.3, 0.4) is 0 Å². The van der Waals surface area contributed by atoms with Gasteiger partial charge in [-0.3, -0.25) is 9.78 Å². The summed E-state index contributed by atoms with van der Waals surface area (Å²) in [5, 5.41) is 14.0. The van der Waals surface area contributed by atoms with Gasteiger partial charge >= 0.3 is 5.97 Å². The Morgan fingerprint density at radius 3 is 2.46 bits per heavy atom.